The summed E-state index contributed by atoms with van der Waals surface area (Å²) < 4.78 is 38.6. The van der Waals surface area contributed by atoms with Gasteiger partial charge >= 0.3 is 12.2 Å². The summed E-state index contributed by atoms with van der Waals surface area (Å²) in [4.78, 5) is 24.3. The van der Waals surface area contributed by atoms with Crippen LogP contribution in [0, 0.1) is 5.41 Å². The van der Waals surface area contributed by atoms with Gasteiger partial charge in [0.05, 0.1) is 4.99 Å². The van der Waals surface area contributed by atoms with Crippen molar-refractivity contribution in [1.29, 1.82) is 0 Å². The first-order chi connectivity index (χ1) is 9.33. The fourth-order valence-electron chi connectivity index (χ4n) is 1.89. The van der Waals surface area contributed by atoms with E-state index < -0.39 is 29.1 Å². The van der Waals surface area contributed by atoms with Crippen LogP contribution in [0.4, 0.5) is 18.0 Å². The van der Waals surface area contributed by atoms with Gasteiger partial charge in [-0.1, -0.05) is 26.1 Å². The lowest BCUT2D eigenvalue weighted by Crippen LogP contribution is -2.56. The van der Waals surface area contributed by atoms with Crippen LogP contribution in [0.1, 0.15) is 33.6 Å². The van der Waals surface area contributed by atoms with Gasteiger partial charge in [-0.2, -0.15) is 13.2 Å². The lowest BCUT2D eigenvalue weighted by atomic mass is 9.88. The molecule has 0 aromatic carbocycles. The highest BCUT2D eigenvalue weighted by Gasteiger charge is 2.64. The smallest absolute Gasteiger partial charge is 0.393 e. The van der Waals surface area contributed by atoms with Gasteiger partial charge in [0.2, 0.25) is 5.54 Å². The summed E-state index contributed by atoms with van der Waals surface area (Å²) in [6.45, 7) is 4.14. The molecule has 21 heavy (non-hydrogen) atoms. The molecule has 1 aliphatic rings. The van der Waals surface area contributed by atoms with Crippen LogP contribution in [-0.4, -0.2) is 40.1 Å². The number of carbonyl (C=O) groups is 2. The molecular formula is C12H18F3N3O2S. The first kappa shape index (κ1) is 17.7. The monoisotopic (exact) mass is 325 g/mol. The van der Waals surface area contributed by atoms with Crippen LogP contribution in [0.3, 0.4) is 0 Å². The van der Waals surface area contributed by atoms with Crippen LogP contribution >= 0.6 is 12.2 Å². The van der Waals surface area contributed by atoms with Crippen LogP contribution in [0.5, 0.6) is 0 Å². The predicted octanol–water partition coefficient (Wildman–Crippen LogP) is 1.95. The normalized spacial score (nSPS) is 23.4. The molecule has 0 spiro atoms. The largest absolute Gasteiger partial charge is 0.420 e. The molecule has 0 bridgehead atoms. The summed E-state index contributed by atoms with van der Waals surface area (Å²) in [5.74, 6) is -1.28. The Kier molecular flexibility index (Phi) is 4.57. The third-order valence-electron chi connectivity index (χ3n) is 3.69. The number of rotatable bonds is 5. The van der Waals surface area contributed by atoms with Gasteiger partial charge in [-0.15, -0.1) is 0 Å². The summed E-state index contributed by atoms with van der Waals surface area (Å²) >= 11 is 4.88. The number of nitrogens with zero attached hydrogens (tertiary/aromatic N) is 1. The minimum atomic E-state index is -4.84. The zero-order valence-electron chi connectivity index (χ0n) is 12.0. The van der Waals surface area contributed by atoms with Crippen LogP contribution in [0.25, 0.3) is 0 Å². The molecule has 0 aromatic heterocycles. The molecule has 0 saturated carbocycles. The van der Waals surface area contributed by atoms with E-state index in [2.05, 4.69) is 0 Å². The van der Waals surface area contributed by atoms with Crippen molar-refractivity contribution in [3.05, 3.63) is 0 Å². The number of hydrogen-bond acceptors (Lipinski definition) is 3. The van der Waals surface area contributed by atoms with Crippen molar-refractivity contribution in [2.45, 2.75) is 45.3 Å². The molecule has 1 unspecified atom stereocenters. The molecule has 1 atom stereocenters. The first-order valence-corrected chi connectivity index (χ1v) is 6.74. The number of nitrogens with two attached hydrogens (primary N) is 1. The van der Waals surface area contributed by atoms with Crippen LogP contribution < -0.4 is 11.1 Å². The van der Waals surface area contributed by atoms with Gasteiger partial charge in [-0.3, -0.25) is 9.69 Å². The second kappa shape index (κ2) is 5.43. The molecular weight excluding hydrogens is 307 g/mol. The number of imide groups is 1. The van der Waals surface area contributed by atoms with Gasteiger partial charge in [0.15, 0.2) is 0 Å². The Morgan fingerprint density at radius 3 is 2.29 bits per heavy atom. The quantitative estimate of drug-likeness (QED) is 0.598. The van der Waals surface area contributed by atoms with E-state index >= 15 is 0 Å². The Labute approximate surface area is 126 Å². The summed E-state index contributed by atoms with van der Waals surface area (Å²) in [5, 5.41) is 1.70. The number of alkyl halides is 3. The average molecular weight is 325 g/mol. The maximum absolute atomic E-state index is 12.9. The standard InChI is InChI=1S/C12H18F3N3O2S/c1-10(2,7(16)21)5-4-6-18-8(19)11(3,12(13,14)15)17-9(18)20/h4-6H2,1-3H3,(H2,16,21)(H,17,20). The Morgan fingerprint density at radius 2 is 1.90 bits per heavy atom. The van der Waals surface area contributed by atoms with E-state index in [1.807, 2.05) is 0 Å². The van der Waals surface area contributed by atoms with Gasteiger partial charge in [-0.25, -0.2) is 4.79 Å². The molecule has 3 amide bonds. The summed E-state index contributed by atoms with van der Waals surface area (Å²) in [6.07, 6.45) is -4.06. The maximum atomic E-state index is 12.9. The number of urea groups is 1. The fraction of sp³-hybridized carbons (Fsp3) is 0.750. The minimum Gasteiger partial charge on any atom is -0.393 e. The van der Waals surface area contributed by atoms with Crippen molar-refractivity contribution in [1.82, 2.24) is 10.2 Å². The molecule has 1 aliphatic heterocycles. The number of carbonyl (C=O) groups excluding carboxylic acids is 2. The summed E-state index contributed by atoms with van der Waals surface area (Å²) in [5.41, 5.74) is 2.20. The van der Waals surface area contributed by atoms with Gasteiger partial charge in [0.25, 0.3) is 5.91 Å². The molecule has 1 fully saturated rings. The topological polar surface area (TPSA) is 75.4 Å². The van der Waals surface area contributed by atoms with E-state index in [1.54, 1.807) is 19.2 Å². The summed E-state index contributed by atoms with van der Waals surface area (Å²) in [6, 6.07) is -1.03. The third kappa shape index (κ3) is 3.28. The number of amides is 3. The molecule has 0 radical (unpaired) electrons. The van der Waals surface area contributed by atoms with E-state index in [0.29, 0.717) is 24.7 Å². The number of hydrogen-bond donors (Lipinski definition) is 2. The van der Waals surface area contributed by atoms with Crippen molar-refractivity contribution in [2.24, 2.45) is 11.1 Å². The average Bonchev–Trinajstić information content (AvgIpc) is 2.52. The molecule has 9 heteroatoms. The van der Waals surface area contributed by atoms with Crippen molar-refractivity contribution in [2.75, 3.05) is 6.54 Å². The van der Waals surface area contributed by atoms with Gasteiger partial charge in [-0.05, 0) is 19.8 Å². The highest BCUT2D eigenvalue weighted by molar-refractivity contribution is 7.80. The minimum absolute atomic E-state index is 0.109. The van der Waals surface area contributed by atoms with E-state index in [9.17, 15) is 22.8 Å². The highest BCUT2D eigenvalue weighted by Crippen LogP contribution is 2.35. The zero-order valence-corrected chi connectivity index (χ0v) is 12.8. The number of halogens is 3. The second-order valence-electron chi connectivity index (χ2n) is 5.86. The molecule has 3 N–H and O–H groups in total. The molecule has 120 valence electrons. The SMILES string of the molecule is CC(C)(CCCN1C(=O)NC(C)(C(F)(F)F)C1=O)C(N)=S. The van der Waals surface area contributed by atoms with Gasteiger partial charge in [0.1, 0.15) is 0 Å². The third-order valence-corrected chi connectivity index (χ3v) is 4.25. The van der Waals surface area contributed by atoms with Crippen molar-refractivity contribution in [3.63, 3.8) is 0 Å². The van der Waals surface area contributed by atoms with Gasteiger partial charge < -0.3 is 11.1 Å². The molecule has 1 saturated heterocycles. The highest BCUT2D eigenvalue weighted by atomic mass is 32.1. The fourth-order valence-corrected chi connectivity index (χ4v) is 2.00. The van der Waals surface area contributed by atoms with E-state index in [4.69, 9.17) is 18.0 Å². The van der Waals surface area contributed by atoms with Crippen LogP contribution in [0.2, 0.25) is 0 Å². The Hall–Kier alpha value is -1.38. The predicted molar refractivity (Wildman–Crippen MR) is 74.5 cm³/mol. The number of nitrogens with one attached hydrogen (secondary N) is 1. The maximum Gasteiger partial charge on any atom is 0.420 e. The Bertz CT molecular complexity index is 479. The Morgan fingerprint density at radius 1 is 1.38 bits per heavy atom. The first-order valence-electron chi connectivity index (χ1n) is 6.33. The van der Waals surface area contributed by atoms with E-state index in [0.717, 1.165) is 0 Å². The Balaban J connectivity index is 2.72. The van der Waals surface area contributed by atoms with Crippen LogP contribution in [0.15, 0.2) is 0 Å². The second-order valence-corrected chi connectivity index (χ2v) is 6.30. The lowest BCUT2D eigenvalue weighted by molar-refractivity contribution is -0.191. The van der Waals surface area contributed by atoms with Crippen molar-refractivity contribution >= 4 is 29.1 Å². The van der Waals surface area contributed by atoms with E-state index in [-0.39, 0.29) is 11.5 Å². The lowest BCUT2D eigenvalue weighted by Gasteiger charge is -2.25. The zero-order chi connectivity index (χ0) is 16.6. The molecule has 0 aliphatic carbocycles. The van der Waals surface area contributed by atoms with Crippen LogP contribution in [-0.2, 0) is 4.79 Å². The van der Waals surface area contributed by atoms with Crippen molar-refractivity contribution < 1.29 is 22.8 Å². The van der Waals surface area contributed by atoms with E-state index in [1.165, 1.54) is 0 Å². The molecule has 1 heterocycles. The van der Waals surface area contributed by atoms with Gasteiger partial charge in [0, 0.05) is 12.0 Å². The summed E-state index contributed by atoms with van der Waals surface area (Å²) in [7, 11) is 0. The molecule has 5 nitrogen and oxygen atoms in total. The molecule has 0 aromatic rings. The molecule has 1 rings (SSSR count). The number of thiocarbonyl (C=S) groups is 1. The van der Waals surface area contributed by atoms with Crippen molar-refractivity contribution in [3.8, 4) is 0 Å².